The number of halogens is 2. The number of nitrogens with zero attached hydrogens (tertiary/aromatic N) is 1. The molecule has 1 saturated heterocycles. The van der Waals surface area contributed by atoms with Crippen molar-refractivity contribution in [2.24, 2.45) is 0 Å². The monoisotopic (exact) mass is 286 g/mol. The molecule has 0 spiro atoms. The lowest BCUT2D eigenvalue weighted by atomic mass is 10.1. The van der Waals surface area contributed by atoms with E-state index >= 15 is 0 Å². The second-order valence-electron chi connectivity index (χ2n) is 4.99. The van der Waals surface area contributed by atoms with E-state index in [4.69, 9.17) is 23.2 Å². The maximum Gasteiger partial charge on any atom is 0.0640 e. The molecule has 0 amide bonds. The van der Waals surface area contributed by atoms with Crippen molar-refractivity contribution in [1.82, 2.24) is 5.32 Å². The average molecular weight is 287 g/mol. The van der Waals surface area contributed by atoms with Gasteiger partial charge in [0.15, 0.2) is 0 Å². The van der Waals surface area contributed by atoms with Gasteiger partial charge in [0.2, 0.25) is 0 Å². The summed E-state index contributed by atoms with van der Waals surface area (Å²) >= 11 is 12.4. The molecule has 2 unspecified atom stereocenters. The zero-order chi connectivity index (χ0) is 13.1. The minimum absolute atomic E-state index is 0.439. The van der Waals surface area contributed by atoms with E-state index in [0.29, 0.717) is 12.1 Å². The Morgan fingerprint density at radius 3 is 2.89 bits per heavy atom. The van der Waals surface area contributed by atoms with Gasteiger partial charge < -0.3 is 10.2 Å². The zero-order valence-corrected chi connectivity index (χ0v) is 12.4. The quantitative estimate of drug-likeness (QED) is 0.905. The fourth-order valence-electron chi connectivity index (χ4n) is 2.51. The number of piperazine rings is 1. The fourth-order valence-corrected chi connectivity index (χ4v) is 2.91. The van der Waals surface area contributed by atoms with Gasteiger partial charge in [-0.3, -0.25) is 0 Å². The van der Waals surface area contributed by atoms with Gasteiger partial charge >= 0.3 is 0 Å². The molecule has 1 aliphatic heterocycles. The summed E-state index contributed by atoms with van der Waals surface area (Å²) in [7, 11) is 0. The van der Waals surface area contributed by atoms with Crippen LogP contribution in [0.1, 0.15) is 26.7 Å². The third-order valence-electron chi connectivity index (χ3n) is 3.51. The summed E-state index contributed by atoms with van der Waals surface area (Å²) in [5.74, 6) is 0. The molecule has 0 bridgehead atoms. The Labute approximate surface area is 119 Å². The van der Waals surface area contributed by atoms with Crippen molar-refractivity contribution >= 4 is 28.9 Å². The van der Waals surface area contributed by atoms with Crippen molar-refractivity contribution in [1.29, 1.82) is 0 Å². The molecule has 1 aliphatic rings. The second-order valence-corrected chi connectivity index (χ2v) is 5.83. The summed E-state index contributed by atoms with van der Waals surface area (Å²) in [6.45, 7) is 6.42. The Balaban J connectivity index is 2.21. The molecule has 100 valence electrons. The summed E-state index contributed by atoms with van der Waals surface area (Å²) in [6, 6.07) is 6.66. The zero-order valence-electron chi connectivity index (χ0n) is 10.9. The van der Waals surface area contributed by atoms with Gasteiger partial charge in [0.1, 0.15) is 0 Å². The van der Waals surface area contributed by atoms with Crippen LogP contribution < -0.4 is 10.2 Å². The van der Waals surface area contributed by atoms with Crippen LogP contribution in [0.3, 0.4) is 0 Å². The van der Waals surface area contributed by atoms with Crippen LogP contribution in [0.15, 0.2) is 18.2 Å². The lowest BCUT2D eigenvalue weighted by Crippen LogP contribution is -2.55. The maximum absolute atomic E-state index is 6.30. The van der Waals surface area contributed by atoms with Gasteiger partial charge in [-0.05, 0) is 31.5 Å². The number of hydrogen-bond acceptors (Lipinski definition) is 2. The first-order valence-electron chi connectivity index (χ1n) is 6.57. The molecule has 1 N–H and O–H groups in total. The van der Waals surface area contributed by atoms with Crippen LogP contribution in [0.25, 0.3) is 0 Å². The normalized spacial score (nSPS) is 24.3. The number of benzene rings is 1. The summed E-state index contributed by atoms with van der Waals surface area (Å²) in [6.07, 6.45) is 2.39. The Kier molecular flexibility index (Phi) is 4.77. The van der Waals surface area contributed by atoms with Crippen molar-refractivity contribution in [3.05, 3.63) is 28.2 Å². The van der Waals surface area contributed by atoms with E-state index in [9.17, 15) is 0 Å². The Morgan fingerprint density at radius 1 is 1.39 bits per heavy atom. The minimum Gasteiger partial charge on any atom is -0.365 e. The highest BCUT2D eigenvalue weighted by molar-refractivity contribution is 6.35. The predicted molar refractivity (Wildman–Crippen MR) is 80.0 cm³/mol. The lowest BCUT2D eigenvalue weighted by Gasteiger charge is -2.41. The summed E-state index contributed by atoms with van der Waals surface area (Å²) in [4.78, 5) is 2.37. The molecule has 1 heterocycles. The third kappa shape index (κ3) is 3.11. The summed E-state index contributed by atoms with van der Waals surface area (Å²) < 4.78 is 0. The van der Waals surface area contributed by atoms with Crippen molar-refractivity contribution in [2.45, 2.75) is 38.8 Å². The highest BCUT2D eigenvalue weighted by atomic mass is 35.5. The van der Waals surface area contributed by atoms with Crippen LogP contribution in [0.2, 0.25) is 10.0 Å². The van der Waals surface area contributed by atoms with Gasteiger partial charge in [0.05, 0.1) is 10.7 Å². The topological polar surface area (TPSA) is 15.3 Å². The van der Waals surface area contributed by atoms with Crippen LogP contribution in [0.5, 0.6) is 0 Å². The van der Waals surface area contributed by atoms with E-state index in [-0.39, 0.29) is 0 Å². The SMILES string of the molecule is CCCC1CN(c2cc(Cl)ccc2Cl)C(C)CN1. The van der Waals surface area contributed by atoms with E-state index in [2.05, 4.69) is 24.1 Å². The Morgan fingerprint density at radius 2 is 2.17 bits per heavy atom. The molecule has 1 aromatic carbocycles. The molecule has 1 fully saturated rings. The van der Waals surface area contributed by atoms with Gasteiger partial charge in [0.25, 0.3) is 0 Å². The third-order valence-corrected chi connectivity index (χ3v) is 4.06. The van der Waals surface area contributed by atoms with Gasteiger partial charge in [-0.1, -0.05) is 36.5 Å². The Bertz CT molecular complexity index is 409. The molecule has 2 atom stereocenters. The van der Waals surface area contributed by atoms with E-state index in [1.807, 2.05) is 18.2 Å². The number of anilines is 1. The smallest absolute Gasteiger partial charge is 0.0640 e. The molecule has 0 aromatic heterocycles. The number of rotatable bonds is 3. The maximum atomic E-state index is 6.30. The second kappa shape index (κ2) is 6.14. The van der Waals surface area contributed by atoms with Gasteiger partial charge in [-0.15, -0.1) is 0 Å². The van der Waals surface area contributed by atoms with E-state index in [1.54, 1.807) is 0 Å². The first-order valence-corrected chi connectivity index (χ1v) is 7.32. The van der Waals surface area contributed by atoms with Crippen LogP contribution in [-0.2, 0) is 0 Å². The molecule has 0 aliphatic carbocycles. The fraction of sp³-hybridized carbons (Fsp3) is 0.571. The van der Waals surface area contributed by atoms with Gasteiger partial charge in [-0.2, -0.15) is 0 Å². The van der Waals surface area contributed by atoms with Crippen LogP contribution in [0, 0.1) is 0 Å². The number of nitrogens with one attached hydrogen (secondary N) is 1. The standard InChI is InChI=1S/C14H20Cl2N2/c1-3-4-12-9-18(10(2)8-17-12)14-7-11(15)5-6-13(14)16/h5-7,10,12,17H,3-4,8-9H2,1-2H3. The van der Waals surface area contributed by atoms with Crippen molar-refractivity contribution in [3.8, 4) is 0 Å². The van der Waals surface area contributed by atoms with E-state index in [0.717, 1.165) is 28.8 Å². The van der Waals surface area contributed by atoms with Gasteiger partial charge in [-0.25, -0.2) is 0 Å². The highest BCUT2D eigenvalue weighted by Crippen LogP contribution is 2.31. The molecule has 0 saturated carbocycles. The highest BCUT2D eigenvalue weighted by Gasteiger charge is 2.25. The number of hydrogen-bond donors (Lipinski definition) is 1. The first-order chi connectivity index (χ1) is 8.61. The van der Waals surface area contributed by atoms with E-state index < -0.39 is 0 Å². The van der Waals surface area contributed by atoms with Gasteiger partial charge in [0, 0.05) is 30.2 Å². The first kappa shape index (κ1) is 14.0. The summed E-state index contributed by atoms with van der Waals surface area (Å²) in [5, 5.41) is 5.11. The minimum atomic E-state index is 0.439. The molecule has 2 nitrogen and oxygen atoms in total. The van der Waals surface area contributed by atoms with E-state index in [1.165, 1.54) is 12.8 Å². The molecule has 4 heteroatoms. The predicted octanol–water partition coefficient (Wildman–Crippen LogP) is 3.96. The molecular formula is C14H20Cl2N2. The molecule has 0 radical (unpaired) electrons. The van der Waals surface area contributed by atoms with Crippen molar-refractivity contribution in [2.75, 3.05) is 18.0 Å². The van der Waals surface area contributed by atoms with Crippen molar-refractivity contribution in [3.63, 3.8) is 0 Å². The van der Waals surface area contributed by atoms with Crippen molar-refractivity contribution < 1.29 is 0 Å². The average Bonchev–Trinajstić information content (AvgIpc) is 2.35. The van der Waals surface area contributed by atoms with Crippen LogP contribution >= 0.6 is 23.2 Å². The molecule has 2 rings (SSSR count). The lowest BCUT2D eigenvalue weighted by molar-refractivity contribution is 0.386. The Hall–Kier alpha value is -0.440. The molecule has 1 aromatic rings. The molecular weight excluding hydrogens is 267 g/mol. The largest absolute Gasteiger partial charge is 0.365 e. The van der Waals surface area contributed by atoms with Crippen LogP contribution in [0.4, 0.5) is 5.69 Å². The molecule has 18 heavy (non-hydrogen) atoms. The summed E-state index contributed by atoms with van der Waals surface area (Å²) in [5.41, 5.74) is 1.05. The van der Waals surface area contributed by atoms with Crippen LogP contribution in [-0.4, -0.2) is 25.2 Å².